The summed E-state index contributed by atoms with van der Waals surface area (Å²) in [6.45, 7) is 0.00303. The van der Waals surface area contributed by atoms with E-state index in [0.29, 0.717) is 0 Å². The molecule has 1 rings (SSSR count). The van der Waals surface area contributed by atoms with Crippen molar-refractivity contribution < 1.29 is 13.6 Å². The van der Waals surface area contributed by atoms with Crippen LogP contribution in [0.3, 0.4) is 0 Å². The summed E-state index contributed by atoms with van der Waals surface area (Å²) in [5.74, 6) is -0.210. The Kier molecular flexibility index (Phi) is 3.08. The van der Waals surface area contributed by atoms with Gasteiger partial charge >= 0.3 is 0 Å². The quantitative estimate of drug-likeness (QED) is 0.711. The summed E-state index contributed by atoms with van der Waals surface area (Å²) in [5, 5.41) is 0. The normalized spacial score (nSPS) is 10.6. The second-order valence-electron chi connectivity index (χ2n) is 2.62. The lowest BCUT2D eigenvalue weighted by molar-refractivity contribution is 0.110. The minimum atomic E-state index is -2.76. The summed E-state index contributed by atoms with van der Waals surface area (Å²) >= 11 is 0. The molecule has 0 aromatic carbocycles. The van der Waals surface area contributed by atoms with Gasteiger partial charge in [0.05, 0.1) is 11.3 Å². The second-order valence-corrected chi connectivity index (χ2v) is 2.62. The van der Waals surface area contributed by atoms with Crippen molar-refractivity contribution in [3.05, 3.63) is 22.9 Å². The van der Waals surface area contributed by atoms with Crippen molar-refractivity contribution in [3.63, 3.8) is 0 Å². The van der Waals surface area contributed by atoms with Crippen LogP contribution in [0.4, 0.5) is 14.6 Å². The van der Waals surface area contributed by atoms with Crippen LogP contribution in [0.5, 0.6) is 0 Å². The van der Waals surface area contributed by atoms with E-state index in [1.807, 2.05) is 0 Å². The number of aldehydes is 1. The molecule has 0 bridgehead atoms. The van der Waals surface area contributed by atoms with Crippen molar-refractivity contribution >= 4 is 12.1 Å². The Bertz CT molecular complexity index is 355. The van der Waals surface area contributed by atoms with E-state index in [1.54, 1.807) is 0 Å². The van der Waals surface area contributed by atoms with Crippen molar-refractivity contribution in [1.29, 1.82) is 0 Å². The van der Waals surface area contributed by atoms with Crippen LogP contribution in [0.25, 0.3) is 0 Å². The lowest BCUT2D eigenvalue weighted by Crippen LogP contribution is -2.08. The van der Waals surface area contributed by atoms with Gasteiger partial charge in [-0.1, -0.05) is 0 Å². The number of nitrogens with zero attached hydrogens (tertiary/aromatic N) is 1. The zero-order chi connectivity index (χ0) is 10.7. The minimum Gasteiger partial charge on any atom is -0.383 e. The van der Waals surface area contributed by atoms with Gasteiger partial charge < -0.3 is 11.5 Å². The van der Waals surface area contributed by atoms with Crippen molar-refractivity contribution in [2.45, 2.75) is 13.0 Å². The van der Waals surface area contributed by atoms with Gasteiger partial charge in [0.25, 0.3) is 6.43 Å². The predicted octanol–water partition coefficient (Wildman–Crippen LogP) is 0.873. The standard InChI is InChI=1S/C8H9F2N3O/c9-7(10)5-1-4(2-11)13-8(12)6(5)3-14/h1,3,7H,2,11H2,(H2,12,13). The molecule has 0 radical (unpaired) electrons. The first-order valence-corrected chi connectivity index (χ1v) is 3.82. The number of carbonyl (C=O) groups excluding carboxylic acids is 1. The third-order valence-electron chi connectivity index (χ3n) is 1.74. The fraction of sp³-hybridized carbons (Fsp3) is 0.250. The van der Waals surface area contributed by atoms with Crippen LogP contribution in [-0.4, -0.2) is 11.3 Å². The molecule has 6 heteroatoms. The van der Waals surface area contributed by atoms with Crippen LogP contribution >= 0.6 is 0 Å². The highest BCUT2D eigenvalue weighted by Crippen LogP contribution is 2.25. The number of alkyl halides is 2. The van der Waals surface area contributed by atoms with Gasteiger partial charge in [0.2, 0.25) is 0 Å². The number of nitrogens with two attached hydrogens (primary N) is 2. The fourth-order valence-corrected chi connectivity index (χ4v) is 1.07. The Labute approximate surface area is 78.9 Å². The monoisotopic (exact) mass is 201 g/mol. The molecule has 4 N–H and O–H groups in total. The van der Waals surface area contributed by atoms with Gasteiger partial charge in [-0.15, -0.1) is 0 Å². The van der Waals surface area contributed by atoms with Gasteiger partial charge in [-0.05, 0) is 6.07 Å². The number of hydrogen-bond acceptors (Lipinski definition) is 4. The molecular weight excluding hydrogens is 192 g/mol. The van der Waals surface area contributed by atoms with E-state index in [1.165, 1.54) is 0 Å². The summed E-state index contributed by atoms with van der Waals surface area (Å²) < 4.78 is 24.9. The third-order valence-corrected chi connectivity index (χ3v) is 1.74. The van der Waals surface area contributed by atoms with Gasteiger partial charge in [-0.25, -0.2) is 13.8 Å². The van der Waals surface area contributed by atoms with Crippen LogP contribution in [0, 0.1) is 0 Å². The highest BCUT2D eigenvalue weighted by atomic mass is 19.3. The minimum absolute atomic E-state index is 0.00303. The molecule has 1 aromatic rings. The average Bonchev–Trinajstić information content (AvgIpc) is 2.16. The molecule has 0 unspecified atom stereocenters. The molecule has 0 atom stereocenters. The Morgan fingerprint density at radius 1 is 1.57 bits per heavy atom. The highest BCUT2D eigenvalue weighted by molar-refractivity contribution is 5.84. The highest BCUT2D eigenvalue weighted by Gasteiger charge is 2.17. The predicted molar refractivity (Wildman–Crippen MR) is 46.9 cm³/mol. The number of anilines is 1. The van der Waals surface area contributed by atoms with Gasteiger partial charge in [-0.2, -0.15) is 0 Å². The molecule has 1 aromatic heterocycles. The van der Waals surface area contributed by atoms with Gasteiger partial charge in [0.15, 0.2) is 6.29 Å². The first-order valence-electron chi connectivity index (χ1n) is 3.82. The molecule has 76 valence electrons. The SMILES string of the molecule is NCc1cc(C(F)F)c(C=O)c(N)n1. The number of hydrogen-bond donors (Lipinski definition) is 2. The topological polar surface area (TPSA) is 82.0 Å². The third kappa shape index (κ3) is 1.85. The molecular formula is C8H9F2N3O. The number of halogens is 2. The second kappa shape index (κ2) is 4.10. The largest absolute Gasteiger partial charge is 0.383 e. The maximum absolute atomic E-state index is 12.4. The van der Waals surface area contributed by atoms with E-state index in [4.69, 9.17) is 11.5 Å². The van der Waals surface area contributed by atoms with Crippen LogP contribution in [0.2, 0.25) is 0 Å². The molecule has 0 aliphatic rings. The average molecular weight is 201 g/mol. The lowest BCUT2D eigenvalue weighted by Gasteiger charge is -2.07. The molecule has 0 amide bonds. The molecule has 0 saturated heterocycles. The maximum atomic E-state index is 12.4. The van der Waals surface area contributed by atoms with Crippen molar-refractivity contribution in [3.8, 4) is 0 Å². The van der Waals surface area contributed by atoms with Crippen molar-refractivity contribution in [1.82, 2.24) is 4.98 Å². The van der Waals surface area contributed by atoms with Gasteiger partial charge in [0.1, 0.15) is 5.82 Å². The summed E-state index contributed by atoms with van der Waals surface area (Å²) in [5.41, 5.74) is 10.1. The first-order chi connectivity index (χ1) is 6.60. The number of aromatic nitrogens is 1. The Morgan fingerprint density at radius 3 is 2.64 bits per heavy atom. The molecule has 0 saturated carbocycles. The van der Waals surface area contributed by atoms with E-state index in [0.717, 1.165) is 6.07 Å². The smallest absolute Gasteiger partial charge is 0.264 e. The zero-order valence-electron chi connectivity index (χ0n) is 7.21. The van der Waals surface area contributed by atoms with Crippen LogP contribution in [0.1, 0.15) is 28.0 Å². The lowest BCUT2D eigenvalue weighted by atomic mass is 10.1. The Hall–Kier alpha value is -1.56. The van der Waals surface area contributed by atoms with E-state index in [-0.39, 0.29) is 29.9 Å². The first kappa shape index (κ1) is 10.5. The molecule has 0 spiro atoms. The fourth-order valence-electron chi connectivity index (χ4n) is 1.07. The molecule has 0 fully saturated rings. The summed E-state index contributed by atoms with van der Waals surface area (Å²) in [7, 11) is 0. The molecule has 4 nitrogen and oxygen atoms in total. The number of rotatable bonds is 3. The van der Waals surface area contributed by atoms with Crippen LogP contribution in [0.15, 0.2) is 6.07 Å². The molecule has 0 aliphatic carbocycles. The van der Waals surface area contributed by atoms with Gasteiger partial charge in [-0.3, -0.25) is 4.79 Å². The molecule has 14 heavy (non-hydrogen) atoms. The number of nitrogen functional groups attached to an aromatic ring is 1. The Morgan fingerprint density at radius 2 is 2.21 bits per heavy atom. The summed E-state index contributed by atoms with van der Waals surface area (Å²) in [6.07, 6.45) is -2.49. The zero-order valence-corrected chi connectivity index (χ0v) is 7.21. The van der Waals surface area contributed by atoms with Crippen LogP contribution in [-0.2, 0) is 6.54 Å². The van der Waals surface area contributed by atoms with E-state index < -0.39 is 12.0 Å². The summed E-state index contributed by atoms with van der Waals surface area (Å²) in [6, 6.07) is 1.09. The maximum Gasteiger partial charge on any atom is 0.264 e. The number of pyridine rings is 1. The van der Waals surface area contributed by atoms with Gasteiger partial charge in [0, 0.05) is 12.1 Å². The van der Waals surface area contributed by atoms with Crippen LogP contribution < -0.4 is 11.5 Å². The van der Waals surface area contributed by atoms with E-state index in [9.17, 15) is 13.6 Å². The Balaban J connectivity index is 3.35. The summed E-state index contributed by atoms with van der Waals surface area (Å²) in [4.78, 5) is 14.2. The van der Waals surface area contributed by atoms with E-state index in [2.05, 4.69) is 4.98 Å². The van der Waals surface area contributed by atoms with Crippen molar-refractivity contribution in [2.24, 2.45) is 5.73 Å². The molecule has 1 heterocycles. The number of carbonyl (C=O) groups is 1. The van der Waals surface area contributed by atoms with E-state index >= 15 is 0 Å². The van der Waals surface area contributed by atoms with Crippen molar-refractivity contribution in [2.75, 3.05) is 5.73 Å². The molecule has 0 aliphatic heterocycles.